The molecule has 1 aliphatic rings. The number of nitrogens with zero attached hydrogens (tertiary/aromatic N) is 2. The molecule has 0 unspecified atom stereocenters. The summed E-state index contributed by atoms with van der Waals surface area (Å²) in [5, 5.41) is 5.07. The Morgan fingerprint density at radius 3 is 1.69 bits per heavy atom. The van der Waals surface area contributed by atoms with Crippen molar-refractivity contribution in [1.82, 2.24) is 9.13 Å². The number of benzene rings is 7. The lowest BCUT2D eigenvalue weighted by Gasteiger charge is -2.29. The number of rotatable bonds is 3. The Kier molecular flexibility index (Phi) is 6.07. The average Bonchev–Trinajstić information content (AvgIpc) is 3.64. The summed E-state index contributed by atoms with van der Waals surface area (Å²) in [5.74, 6) is 0. The van der Waals surface area contributed by atoms with Crippen LogP contribution in [0.1, 0.15) is 11.1 Å². The Labute approximate surface area is 284 Å². The summed E-state index contributed by atoms with van der Waals surface area (Å²) in [4.78, 5) is 2.66. The smallest absolute Gasteiger partial charge is 0.244 e. The van der Waals surface area contributed by atoms with E-state index in [1.165, 1.54) is 92.3 Å². The minimum absolute atomic E-state index is 0.193. The largest absolute Gasteiger partial charge is 0.307 e. The zero-order valence-electron chi connectivity index (χ0n) is 26.8. The molecule has 9 aromatic rings. The third kappa shape index (κ3) is 3.90. The molecule has 0 atom stereocenters. The number of fused-ring (bicyclic) bond motifs is 9. The Morgan fingerprint density at radius 2 is 1.00 bits per heavy atom. The van der Waals surface area contributed by atoms with E-state index in [0.717, 1.165) is 0 Å². The molecule has 10 rings (SSSR count). The quantitative estimate of drug-likeness (QED) is 0.177. The summed E-state index contributed by atoms with van der Waals surface area (Å²) in [6, 6.07) is 56.0. The van der Waals surface area contributed by atoms with Crippen molar-refractivity contribution in [3.05, 3.63) is 163 Å². The topological polar surface area (TPSA) is 9.86 Å². The highest BCUT2D eigenvalue weighted by Crippen LogP contribution is 2.42. The number of hydrogen-bond donors (Lipinski definition) is 0. The Morgan fingerprint density at radius 1 is 0.438 bits per heavy atom. The highest BCUT2D eigenvalue weighted by Gasteiger charge is 2.33. The van der Waals surface area contributed by atoms with Crippen molar-refractivity contribution < 1.29 is 0 Å². The van der Waals surface area contributed by atoms with E-state index in [2.05, 4.69) is 175 Å². The van der Waals surface area contributed by atoms with Crippen LogP contribution in [0.4, 0.5) is 0 Å². The van der Waals surface area contributed by atoms with Gasteiger partial charge in [-0.15, -0.1) is 0 Å². The number of aryl methyl sites for hydroxylation is 2. The first kappa shape index (κ1) is 27.6. The molecular formula is C44H31BN2S. The molecule has 7 aromatic carbocycles. The van der Waals surface area contributed by atoms with E-state index in [9.17, 15) is 0 Å². The molecule has 0 spiro atoms. The van der Waals surface area contributed by atoms with Gasteiger partial charge in [0.2, 0.25) is 6.71 Å². The van der Waals surface area contributed by atoms with Crippen molar-refractivity contribution in [2.24, 2.45) is 0 Å². The van der Waals surface area contributed by atoms with Crippen molar-refractivity contribution >= 4 is 78.5 Å². The SMILES string of the molecule is Cc1cccc(C)c1B1c2ccccc2Sc2cc(-n3c4ccccc4c4ccc5c6ccccc6n(-c6ccccc6)c5c43)ccc21. The van der Waals surface area contributed by atoms with Gasteiger partial charge in [-0.3, -0.25) is 0 Å². The van der Waals surface area contributed by atoms with Crippen LogP contribution >= 0.6 is 11.8 Å². The molecule has 0 fully saturated rings. The van der Waals surface area contributed by atoms with Gasteiger partial charge < -0.3 is 9.13 Å². The maximum atomic E-state index is 2.51. The molecule has 0 amide bonds. The third-order valence-electron chi connectivity index (χ3n) is 10.3. The van der Waals surface area contributed by atoms with Gasteiger partial charge in [0.05, 0.1) is 22.1 Å². The maximum absolute atomic E-state index is 2.51. The van der Waals surface area contributed by atoms with Gasteiger partial charge in [-0.2, -0.15) is 0 Å². The van der Waals surface area contributed by atoms with Crippen molar-refractivity contribution in [3.8, 4) is 11.4 Å². The van der Waals surface area contributed by atoms with Crippen LogP contribution in [0.3, 0.4) is 0 Å². The lowest BCUT2D eigenvalue weighted by Crippen LogP contribution is -2.56. The number of hydrogen-bond acceptors (Lipinski definition) is 1. The minimum atomic E-state index is 0.193. The summed E-state index contributed by atoms with van der Waals surface area (Å²) < 4.78 is 4.98. The Bertz CT molecular complexity index is 2720. The molecule has 1 aliphatic heterocycles. The van der Waals surface area contributed by atoms with E-state index >= 15 is 0 Å². The first-order valence-electron chi connectivity index (χ1n) is 16.7. The van der Waals surface area contributed by atoms with Gasteiger partial charge in [-0.25, -0.2) is 0 Å². The van der Waals surface area contributed by atoms with E-state index in [4.69, 9.17) is 0 Å². The van der Waals surface area contributed by atoms with Crippen LogP contribution in [0.5, 0.6) is 0 Å². The first-order valence-corrected chi connectivity index (χ1v) is 17.5. The van der Waals surface area contributed by atoms with Crippen molar-refractivity contribution in [1.29, 1.82) is 0 Å². The fourth-order valence-corrected chi connectivity index (χ4v) is 9.47. The van der Waals surface area contributed by atoms with Gasteiger partial charge in [0.1, 0.15) is 0 Å². The molecule has 0 saturated heterocycles. The molecule has 0 N–H and O–H groups in total. The molecule has 3 heterocycles. The van der Waals surface area contributed by atoms with Crippen LogP contribution in [0.2, 0.25) is 0 Å². The van der Waals surface area contributed by atoms with Crippen LogP contribution in [-0.2, 0) is 0 Å². The standard InChI is InChI=1S/C44H31BN2S/c1-28-13-12-14-29(2)42(28)45-36-19-8-11-22-40(36)48-41-27-31(23-26-37(41)45)47-39-21-10-7-18-33(39)35-25-24-34-32-17-6-9-20-38(32)46(43(34)44(35)47)30-15-4-3-5-16-30/h3-27H,1-2H3. The maximum Gasteiger partial charge on any atom is 0.244 e. The van der Waals surface area contributed by atoms with E-state index in [1.54, 1.807) is 0 Å². The normalized spacial score (nSPS) is 12.7. The fourth-order valence-electron chi connectivity index (χ4n) is 8.29. The molecule has 0 saturated carbocycles. The summed E-state index contributed by atoms with van der Waals surface area (Å²) in [7, 11) is 0. The molecule has 226 valence electrons. The number of para-hydroxylation sites is 3. The Balaban J connectivity index is 1.30. The predicted octanol–water partition coefficient (Wildman–Crippen LogP) is 9.48. The highest BCUT2D eigenvalue weighted by molar-refractivity contribution is 8.00. The van der Waals surface area contributed by atoms with Crippen LogP contribution < -0.4 is 16.4 Å². The molecule has 0 aliphatic carbocycles. The minimum Gasteiger partial charge on any atom is -0.307 e. The van der Waals surface area contributed by atoms with Crippen LogP contribution in [0, 0.1) is 13.8 Å². The molecule has 48 heavy (non-hydrogen) atoms. The van der Waals surface area contributed by atoms with Crippen molar-refractivity contribution in [3.63, 3.8) is 0 Å². The zero-order valence-corrected chi connectivity index (χ0v) is 27.6. The van der Waals surface area contributed by atoms with E-state index in [-0.39, 0.29) is 6.71 Å². The fraction of sp³-hybridized carbons (Fsp3) is 0.0455. The molecule has 2 aromatic heterocycles. The monoisotopic (exact) mass is 630 g/mol. The van der Waals surface area contributed by atoms with E-state index in [1.807, 2.05) is 11.8 Å². The number of aromatic nitrogens is 2. The van der Waals surface area contributed by atoms with Gasteiger partial charge in [0.25, 0.3) is 0 Å². The molecule has 0 radical (unpaired) electrons. The lowest BCUT2D eigenvalue weighted by molar-refractivity contribution is 1.14. The van der Waals surface area contributed by atoms with Crippen molar-refractivity contribution in [2.45, 2.75) is 23.6 Å². The summed E-state index contributed by atoms with van der Waals surface area (Å²) in [6.07, 6.45) is 0. The van der Waals surface area contributed by atoms with Gasteiger partial charge in [0.15, 0.2) is 0 Å². The van der Waals surface area contributed by atoms with Crippen LogP contribution in [0.25, 0.3) is 55.0 Å². The molecular weight excluding hydrogens is 599 g/mol. The second-order valence-corrected chi connectivity index (χ2v) is 14.1. The summed E-state index contributed by atoms with van der Waals surface area (Å²) in [5.41, 5.74) is 14.1. The summed E-state index contributed by atoms with van der Waals surface area (Å²) >= 11 is 1.90. The summed E-state index contributed by atoms with van der Waals surface area (Å²) in [6.45, 7) is 4.71. The first-order chi connectivity index (χ1) is 23.7. The van der Waals surface area contributed by atoms with Gasteiger partial charge in [-0.05, 0) is 56.3 Å². The molecule has 0 bridgehead atoms. The average molecular weight is 631 g/mol. The molecule has 4 heteroatoms. The lowest BCUT2D eigenvalue weighted by atomic mass is 9.35. The predicted molar refractivity (Wildman–Crippen MR) is 206 cm³/mol. The second-order valence-electron chi connectivity index (χ2n) is 13.0. The second kappa shape index (κ2) is 10.5. The highest BCUT2D eigenvalue weighted by atomic mass is 32.2. The van der Waals surface area contributed by atoms with E-state index < -0.39 is 0 Å². The Hall–Kier alpha value is -5.45. The van der Waals surface area contributed by atoms with E-state index in [0.29, 0.717) is 0 Å². The zero-order chi connectivity index (χ0) is 31.9. The van der Waals surface area contributed by atoms with Crippen LogP contribution in [-0.4, -0.2) is 15.8 Å². The van der Waals surface area contributed by atoms with Crippen LogP contribution in [0.15, 0.2) is 161 Å². The van der Waals surface area contributed by atoms with Gasteiger partial charge >= 0.3 is 0 Å². The van der Waals surface area contributed by atoms with Gasteiger partial charge in [-0.1, -0.05) is 148 Å². The third-order valence-corrected chi connectivity index (χ3v) is 11.5. The van der Waals surface area contributed by atoms with Crippen molar-refractivity contribution in [2.75, 3.05) is 0 Å². The van der Waals surface area contributed by atoms with Gasteiger partial charge in [0, 0.05) is 42.7 Å². The molecule has 2 nitrogen and oxygen atoms in total.